The lowest BCUT2D eigenvalue weighted by molar-refractivity contribution is -0.137. The van der Waals surface area contributed by atoms with Crippen molar-refractivity contribution < 1.29 is 9.90 Å². The normalized spacial score (nSPS) is 19.6. The number of unbranched alkanes of at least 4 members (excludes halogenated alkanes) is 1. The predicted molar refractivity (Wildman–Crippen MR) is 85.6 cm³/mol. The molecule has 1 atom stereocenters. The van der Waals surface area contributed by atoms with Crippen molar-refractivity contribution in [1.29, 1.82) is 0 Å². The Labute approximate surface area is 128 Å². The summed E-state index contributed by atoms with van der Waals surface area (Å²) in [6.45, 7) is 6.57. The summed E-state index contributed by atoms with van der Waals surface area (Å²) in [5.41, 5.74) is 4.25. The largest absolute Gasteiger partial charge is 0.481 e. The van der Waals surface area contributed by atoms with Gasteiger partial charge in [-0.25, -0.2) is 0 Å². The van der Waals surface area contributed by atoms with Crippen LogP contribution in [0.1, 0.15) is 61.3 Å². The summed E-state index contributed by atoms with van der Waals surface area (Å²) in [6.07, 6.45) is 5.84. The van der Waals surface area contributed by atoms with Crippen molar-refractivity contribution in [3.8, 4) is 0 Å². The average molecular weight is 289 g/mol. The van der Waals surface area contributed by atoms with Crippen LogP contribution >= 0.6 is 0 Å². The molecule has 116 valence electrons. The highest BCUT2D eigenvalue weighted by molar-refractivity contribution is 5.66. The number of benzene rings is 1. The summed E-state index contributed by atoms with van der Waals surface area (Å²) < 4.78 is 0. The Kier molecular flexibility index (Phi) is 5.80. The molecule has 3 nitrogen and oxygen atoms in total. The van der Waals surface area contributed by atoms with Crippen LogP contribution in [0.3, 0.4) is 0 Å². The molecule has 1 saturated heterocycles. The van der Waals surface area contributed by atoms with E-state index in [-0.39, 0.29) is 0 Å². The van der Waals surface area contributed by atoms with E-state index in [0.29, 0.717) is 12.5 Å². The molecular weight excluding hydrogens is 262 g/mol. The predicted octanol–water partition coefficient (Wildman–Crippen LogP) is 4.09. The van der Waals surface area contributed by atoms with E-state index < -0.39 is 5.97 Å². The van der Waals surface area contributed by atoms with Crippen LogP contribution in [0.2, 0.25) is 0 Å². The van der Waals surface area contributed by atoms with Gasteiger partial charge >= 0.3 is 5.97 Å². The minimum atomic E-state index is -0.681. The van der Waals surface area contributed by atoms with E-state index in [1.54, 1.807) is 0 Å². The molecule has 1 aromatic carbocycles. The summed E-state index contributed by atoms with van der Waals surface area (Å²) in [5.74, 6) is -0.681. The van der Waals surface area contributed by atoms with E-state index in [0.717, 1.165) is 25.9 Å². The minimum absolute atomic E-state index is 0.294. The number of aryl methyl sites for hydroxylation is 1. The fourth-order valence-corrected chi connectivity index (χ4v) is 3.34. The zero-order chi connectivity index (χ0) is 15.2. The first-order valence-electron chi connectivity index (χ1n) is 8.11. The first kappa shape index (κ1) is 16.0. The standard InChI is InChI=1S/C18H27NO2/c1-14-8-7-9-16(15(14)2)17-10-3-5-12-19(17)13-6-4-11-18(20)21/h7-9,17H,3-6,10-13H2,1-2H3,(H,20,21). The summed E-state index contributed by atoms with van der Waals surface area (Å²) in [5, 5.41) is 8.73. The van der Waals surface area contributed by atoms with Gasteiger partial charge in [0.05, 0.1) is 0 Å². The zero-order valence-corrected chi connectivity index (χ0v) is 13.3. The van der Waals surface area contributed by atoms with Crippen LogP contribution < -0.4 is 0 Å². The van der Waals surface area contributed by atoms with Gasteiger partial charge in [-0.1, -0.05) is 24.6 Å². The topological polar surface area (TPSA) is 40.5 Å². The molecule has 0 radical (unpaired) electrons. The van der Waals surface area contributed by atoms with Gasteiger partial charge in [0.2, 0.25) is 0 Å². The summed E-state index contributed by atoms with van der Waals surface area (Å²) >= 11 is 0. The van der Waals surface area contributed by atoms with Gasteiger partial charge in [0, 0.05) is 12.5 Å². The molecule has 0 bridgehead atoms. The van der Waals surface area contributed by atoms with Gasteiger partial charge in [0.15, 0.2) is 0 Å². The van der Waals surface area contributed by atoms with E-state index in [2.05, 4.69) is 36.9 Å². The van der Waals surface area contributed by atoms with Crippen molar-refractivity contribution in [2.75, 3.05) is 13.1 Å². The lowest BCUT2D eigenvalue weighted by atomic mass is 9.90. The maximum absolute atomic E-state index is 10.6. The van der Waals surface area contributed by atoms with Crippen molar-refractivity contribution in [1.82, 2.24) is 4.90 Å². The Hall–Kier alpha value is -1.35. The number of rotatable bonds is 6. The summed E-state index contributed by atoms with van der Waals surface area (Å²) in [6, 6.07) is 7.12. The highest BCUT2D eigenvalue weighted by Gasteiger charge is 2.24. The molecule has 0 amide bonds. The van der Waals surface area contributed by atoms with Crippen molar-refractivity contribution in [3.63, 3.8) is 0 Å². The van der Waals surface area contributed by atoms with Gasteiger partial charge in [-0.15, -0.1) is 0 Å². The first-order valence-corrected chi connectivity index (χ1v) is 8.11. The second-order valence-electron chi connectivity index (χ2n) is 6.19. The van der Waals surface area contributed by atoms with Crippen molar-refractivity contribution in [2.45, 2.75) is 58.4 Å². The van der Waals surface area contributed by atoms with Crippen LogP contribution in [0.5, 0.6) is 0 Å². The van der Waals surface area contributed by atoms with E-state index in [1.807, 2.05) is 0 Å². The molecule has 1 fully saturated rings. The molecule has 21 heavy (non-hydrogen) atoms. The molecule has 1 aliphatic rings. The maximum atomic E-state index is 10.6. The number of nitrogens with zero attached hydrogens (tertiary/aromatic N) is 1. The third-order valence-corrected chi connectivity index (χ3v) is 4.71. The van der Waals surface area contributed by atoms with Gasteiger partial charge < -0.3 is 5.11 Å². The fraction of sp³-hybridized carbons (Fsp3) is 0.611. The lowest BCUT2D eigenvalue weighted by Crippen LogP contribution is -2.34. The molecule has 1 aliphatic heterocycles. The maximum Gasteiger partial charge on any atom is 0.303 e. The van der Waals surface area contributed by atoms with Crippen LogP contribution in [0.4, 0.5) is 0 Å². The van der Waals surface area contributed by atoms with E-state index in [1.165, 1.54) is 36.0 Å². The SMILES string of the molecule is Cc1cccc(C2CCCCN2CCCCC(=O)O)c1C. The molecule has 0 saturated carbocycles. The van der Waals surface area contributed by atoms with Crippen molar-refractivity contribution in [2.24, 2.45) is 0 Å². The van der Waals surface area contributed by atoms with Crippen LogP contribution in [-0.4, -0.2) is 29.1 Å². The number of carbonyl (C=O) groups is 1. The smallest absolute Gasteiger partial charge is 0.303 e. The Bertz CT molecular complexity index is 484. The Balaban J connectivity index is 2.01. The first-order chi connectivity index (χ1) is 10.1. The number of hydrogen-bond acceptors (Lipinski definition) is 2. The van der Waals surface area contributed by atoms with E-state index in [4.69, 9.17) is 5.11 Å². The third kappa shape index (κ3) is 4.31. The number of hydrogen-bond donors (Lipinski definition) is 1. The molecule has 2 rings (SSSR count). The minimum Gasteiger partial charge on any atom is -0.481 e. The second-order valence-corrected chi connectivity index (χ2v) is 6.19. The number of carboxylic acid groups (broad SMARTS) is 1. The molecule has 1 heterocycles. The van der Waals surface area contributed by atoms with Crippen molar-refractivity contribution >= 4 is 5.97 Å². The highest BCUT2D eigenvalue weighted by atomic mass is 16.4. The van der Waals surface area contributed by atoms with Gasteiger partial charge in [-0.3, -0.25) is 9.69 Å². The molecular formula is C18H27NO2. The molecule has 3 heteroatoms. The monoisotopic (exact) mass is 289 g/mol. The lowest BCUT2D eigenvalue weighted by Gasteiger charge is -2.37. The van der Waals surface area contributed by atoms with Gasteiger partial charge in [-0.2, -0.15) is 0 Å². The van der Waals surface area contributed by atoms with Gasteiger partial charge in [0.1, 0.15) is 0 Å². The Morgan fingerprint density at radius 2 is 2.10 bits per heavy atom. The molecule has 1 aromatic rings. The molecule has 1 unspecified atom stereocenters. The van der Waals surface area contributed by atoms with Gasteiger partial charge in [0.25, 0.3) is 0 Å². The zero-order valence-electron chi connectivity index (χ0n) is 13.3. The van der Waals surface area contributed by atoms with E-state index >= 15 is 0 Å². The molecule has 1 N–H and O–H groups in total. The van der Waals surface area contributed by atoms with Gasteiger partial charge in [-0.05, 0) is 69.3 Å². The molecule has 0 aliphatic carbocycles. The van der Waals surface area contributed by atoms with Crippen LogP contribution in [0.15, 0.2) is 18.2 Å². The highest BCUT2D eigenvalue weighted by Crippen LogP contribution is 2.33. The van der Waals surface area contributed by atoms with Crippen LogP contribution in [0, 0.1) is 13.8 Å². The summed E-state index contributed by atoms with van der Waals surface area (Å²) in [4.78, 5) is 13.2. The quantitative estimate of drug-likeness (QED) is 0.802. The summed E-state index contributed by atoms with van der Waals surface area (Å²) in [7, 11) is 0. The van der Waals surface area contributed by atoms with Crippen molar-refractivity contribution in [3.05, 3.63) is 34.9 Å². The Morgan fingerprint density at radius 3 is 2.86 bits per heavy atom. The second kappa shape index (κ2) is 7.60. The number of carboxylic acids is 1. The van der Waals surface area contributed by atoms with Crippen LogP contribution in [0.25, 0.3) is 0 Å². The molecule has 0 spiro atoms. The number of piperidine rings is 1. The average Bonchev–Trinajstić information content (AvgIpc) is 2.47. The Morgan fingerprint density at radius 1 is 1.29 bits per heavy atom. The molecule has 0 aromatic heterocycles. The number of aliphatic carboxylic acids is 1. The fourth-order valence-electron chi connectivity index (χ4n) is 3.34. The third-order valence-electron chi connectivity index (χ3n) is 4.71. The number of likely N-dealkylation sites (tertiary alicyclic amines) is 1. The van der Waals surface area contributed by atoms with Crippen LogP contribution in [-0.2, 0) is 4.79 Å². The van der Waals surface area contributed by atoms with E-state index in [9.17, 15) is 4.79 Å².